The van der Waals surface area contributed by atoms with Crippen LogP contribution in [0.4, 0.5) is 0 Å². The predicted molar refractivity (Wildman–Crippen MR) is 55.5 cm³/mol. The zero-order valence-corrected chi connectivity index (χ0v) is 8.84. The topological polar surface area (TPSA) is 39.1 Å². The molecule has 0 atom stereocenters. The van der Waals surface area contributed by atoms with Crippen LogP contribution in [0.2, 0.25) is 0 Å². The van der Waals surface area contributed by atoms with Crippen LogP contribution in [0.1, 0.15) is 26.7 Å². The highest BCUT2D eigenvalue weighted by atomic mass is 15.1. The standard InChI is InChI=1S/C10H21N3/c1-3-13(4-2)10-6-9-12-8-5-7-11/h12H,3-6,8-10H2,1-2H3. The van der Waals surface area contributed by atoms with Gasteiger partial charge in [-0.15, -0.1) is 0 Å². The maximum atomic E-state index is 8.29. The van der Waals surface area contributed by atoms with Crippen molar-refractivity contribution in [2.75, 3.05) is 32.7 Å². The highest BCUT2D eigenvalue weighted by Crippen LogP contribution is 1.89. The first-order valence-electron chi connectivity index (χ1n) is 5.15. The van der Waals surface area contributed by atoms with Crippen LogP contribution in [-0.4, -0.2) is 37.6 Å². The highest BCUT2D eigenvalue weighted by molar-refractivity contribution is 4.69. The number of nitrogens with zero attached hydrogens (tertiary/aromatic N) is 2. The molecular weight excluding hydrogens is 162 g/mol. The molecule has 0 unspecified atom stereocenters. The summed E-state index contributed by atoms with van der Waals surface area (Å²) >= 11 is 0. The minimum absolute atomic E-state index is 0.616. The Bertz CT molecular complexity index is 136. The van der Waals surface area contributed by atoms with Crippen molar-refractivity contribution in [2.24, 2.45) is 0 Å². The number of hydrogen-bond donors (Lipinski definition) is 1. The SMILES string of the molecule is CCN(CC)CCCNCCC#N. The van der Waals surface area contributed by atoms with E-state index in [1.807, 2.05) is 0 Å². The van der Waals surface area contributed by atoms with Gasteiger partial charge in [0.15, 0.2) is 0 Å². The van der Waals surface area contributed by atoms with Gasteiger partial charge in [-0.3, -0.25) is 0 Å². The lowest BCUT2D eigenvalue weighted by atomic mass is 10.3. The Morgan fingerprint density at radius 1 is 1.23 bits per heavy atom. The van der Waals surface area contributed by atoms with Gasteiger partial charge in [0.1, 0.15) is 0 Å². The molecule has 0 aromatic carbocycles. The second kappa shape index (κ2) is 9.50. The molecule has 0 amide bonds. The molecule has 0 saturated heterocycles. The van der Waals surface area contributed by atoms with Gasteiger partial charge in [0.05, 0.1) is 6.07 Å². The van der Waals surface area contributed by atoms with Crippen molar-refractivity contribution >= 4 is 0 Å². The van der Waals surface area contributed by atoms with E-state index in [-0.39, 0.29) is 0 Å². The van der Waals surface area contributed by atoms with Gasteiger partial charge in [0.2, 0.25) is 0 Å². The summed E-state index contributed by atoms with van der Waals surface area (Å²) in [5, 5.41) is 11.5. The highest BCUT2D eigenvalue weighted by Gasteiger charge is 1.96. The minimum atomic E-state index is 0.616. The Labute approximate surface area is 81.7 Å². The fraction of sp³-hybridized carbons (Fsp3) is 0.900. The van der Waals surface area contributed by atoms with Crippen LogP contribution in [-0.2, 0) is 0 Å². The lowest BCUT2D eigenvalue weighted by molar-refractivity contribution is 0.298. The summed E-state index contributed by atoms with van der Waals surface area (Å²) < 4.78 is 0. The van der Waals surface area contributed by atoms with Crippen molar-refractivity contribution in [3.8, 4) is 6.07 Å². The maximum Gasteiger partial charge on any atom is 0.0635 e. The Morgan fingerprint density at radius 2 is 1.92 bits per heavy atom. The van der Waals surface area contributed by atoms with Crippen molar-refractivity contribution in [1.82, 2.24) is 10.2 Å². The largest absolute Gasteiger partial charge is 0.316 e. The number of nitriles is 1. The van der Waals surface area contributed by atoms with E-state index in [9.17, 15) is 0 Å². The van der Waals surface area contributed by atoms with E-state index in [0.29, 0.717) is 6.42 Å². The Morgan fingerprint density at radius 3 is 2.46 bits per heavy atom. The Hall–Kier alpha value is -0.590. The van der Waals surface area contributed by atoms with E-state index >= 15 is 0 Å². The van der Waals surface area contributed by atoms with E-state index in [0.717, 1.165) is 32.7 Å². The summed E-state index contributed by atoms with van der Waals surface area (Å²) in [6.45, 7) is 9.65. The van der Waals surface area contributed by atoms with Crippen molar-refractivity contribution in [3.63, 3.8) is 0 Å². The van der Waals surface area contributed by atoms with E-state index in [1.165, 1.54) is 6.42 Å². The average Bonchev–Trinajstić information content (AvgIpc) is 2.17. The van der Waals surface area contributed by atoms with Crippen LogP contribution < -0.4 is 5.32 Å². The summed E-state index contributed by atoms with van der Waals surface area (Å²) in [5.74, 6) is 0. The van der Waals surface area contributed by atoms with E-state index < -0.39 is 0 Å². The Balaban J connectivity index is 3.11. The molecule has 0 rings (SSSR count). The molecule has 0 bridgehead atoms. The summed E-state index contributed by atoms with van der Waals surface area (Å²) in [5.41, 5.74) is 0. The summed E-state index contributed by atoms with van der Waals surface area (Å²) in [6.07, 6.45) is 1.79. The van der Waals surface area contributed by atoms with E-state index in [4.69, 9.17) is 5.26 Å². The van der Waals surface area contributed by atoms with Crippen molar-refractivity contribution in [1.29, 1.82) is 5.26 Å². The molecular formula is C10H21N3. The lowest BCUT2D eigenvalue weighted by Crippen LogP contribution is -2.27. The molecule has 0 aromatic heterocycles. The van der Waals surface area contributed by atoms with Crippen molar-refractivity contribution in [2.45, 2.75) is 26.7 Å². The first-order valence-corrected chi connectivity index (χ1v) is 5.15. The molecule has 3 heteroatoms. The van der Waals surface area contributed by atoms with Gasteiger partial charge in [-0.25, -0.2) is 0 Å². The first-order chi connectivity index (χ1) is 6.35. The molecule has 0 radical (unpaired) electrons. The molecule has 3 nitrogen and oxygen atoms in total. The quantitative estimate of drug-likeness (QED) is 0.575. The first kappa shape index (κ1) is 12.4. The second-order valence-electron chi connectivity index (χ2n) is 3.04. The van der Waals surface area contributed by atoms with Crippen LogP contribution in [0.15, 0.2) is 0 Å². The molecule has 0 saturated carbocycles. The van der Waals surface area contributed by atoms with Gasteiger partial charge in [-0.1, -0.05) is 13.8 Å². The second-order valence-corrected chi connectivity index (χ2v) is 3.04. The average molecular weight is 183 g/mol. The van der Waals surface area contributed by atoms with Crippen molar-refractivity contribution in [3.05, 3.63) is 0 Å². The van der Waals surface area contributed by atoms with Crippen LogP contribution in [0, 0.1) is 11.3 Å². The van der Waals surface area contributed by atoms with Gasteiger partial charge in [0.25, 0.3) is 0 Å². The lowest BCUT2D eigenvalue weighted by Gasteiger charge is -2.17. The third-order valence-electron chi connectivity index (χ3n) is 2.14. The van der Waals surface area contributed by atoms with Gasteiger partial charge < -0.3 is 10.2 Å². The summed E-state index contributed by atoms with van der Waals surface area (Å²) in [6, 6.07) is 2.12. The fourth-order valence-corrected chi connectivity index (χ4v) is 1.24. The molecule has 76 valence electrons. The third kappa shape index (κ3) is 7.76. The molecule has 0 aliphatic heterocycles. The molecule has 0 aliphatic rings. The van der Waals surface area contributed by atoms with Crippen LogP contribution in [0.25, 0.3) is 0 Å². The van der Waals surface area contributed by atoms with Crippen molar-refractivity contribution < 1.29 is 0 Å². The monoisotopic (exact) mass is 183 g/mol. The van der Waals surface area contributed by atoms with Gasteiger partial charge in [0, 0.05) is 13.0 Å². The smallest absolute Gasteiger partial charge is 0.0635 e. The van der Waals surface area contributed by atoms with Gasteiger partial charge >= 0.3 is 0 Å². The number of rotatable bonds is 8. The molecule has 0 aromatic rings. The fourth-order valence-electron chi connectivity index (χ4n) is 1.24. The normalized spacial score (nSPS) is 10.3. The van der Waals surface area contributed by atoms with E-state index in [1.54, 1.807) is 0 Å². The number of hydrogen-bond acceptors (Lipinski definition) is 3. The van der Waals surface area contributed by atoms with Crippen LogP contribution in [0.3, 0.4) is 0 Å². The Kier molecular flexibility index (Phi) is 9.07. The molecule has 13 heavy (non-hydrogen) atoms. The summed E-state index contributed by atoms with van der Waals surface area (Å²) in [7, 11) is 0. The van der Waals surface area contributed by atoms with Crippen LogP contribution in [0.5, 0.6) is 0 Å². The molecule has 0 heterocycles. The molecule has 0 aliphatic carbocycles. The van der Waals surface area contributed by atoms with Gasteiger partial charge in [-0.2, -0.15) is 5.26 Å². The predicted octanol–water partition coefficient (Wildman–Crippen LogP) is 1.22. The number of nitrogens with one attached hydrogen (secondary N) is 1. The zero-order chi connectivity index (χ0) is 9.94. The maximum absolute atomic E-state index is 8.29. The van der Waals surface area contributed by atoms with E-state index in [2.05, 4.69) is 30.1 Å². The zero-order valence-electron chi connectivity index (χ0n) is 8.84. The summed E-state index contributed by atoms with van der Waals surface area (Å²) in [4.78, 5) is 2.41. The third-order valence-corrected chi connectivity index (χ3v) is 2.14. The van der Waals surface area contributed by atoms with Gasteiger partial charge in [-0.05, 0) is 32.6 Å². The van der Waals surface area contributed by atoms with Crippen LogP contribution >= 0.6 is 0 Å². The minimum Gasteiger partial charge on any atom is -0.316 e. The molecule has 1 N–H and O–H groups in total. The molecule has 0 spiro atoms. The molecule has 0 fully saturated rings.